The summed E-state index contributed by atoms with van der Waals surface area (Å²) in [5.41, 5.74) is 0.475. The number of rotatable bonds is 2. The molecular formula is C13H15F3N2O. The molecule has 6 heteroatoms. The Bertz CT molecular complexity index is 523. The number of anilines is 1. The van der Waals surface area contributed by atoms with Gasteiger partial charge in [-0.3, -0.25) is 4.79 Å². The van der Waals surface area contributed by atoms with Crippen molar-refractivity contribution in [3.05, 3.63) is 29.3 Å². The van der Waals surface area contributed by atoms with Gasteiger partial charge in [-0.2, -0.15) is 13.2 Å². The van der Waals surface area contributed by atoms with Crippen LogP contribution in [-0.4, -0.2) is 19.1 Å². The summed E-state index contributed by atoms with van der Waals surface area (Å²) in [6.45, 7) is 3.39. The lowest BCUT2D eigenvalue weighted by molar-refractivity contribution is -0.156. The number of carbonyl (C=O) groups excluding carboxylic acids is 1. The fourth-order valence-electron chi connectivity index (χ4n) is 2.29. The highest BCUT2D eigenvalue weighted by atomic mass is 19.4. The molecule has 104 valence electrons. The first kappa shape index (κ1) is 13.9. The molecule has 1 aromatic carbocycles. The topological polar surface area (TPSA) is 41.1 Å². The molecule has 3 nitrogen and oxygen atoms in total. The summed E-state index contributed by atoms with van der Waals surface area (Å²) < 4.78 is 38.6. The van der Waals surface area contributed by atoms with Crippen molar-refractivity contribution < 1.29 is 18.0 Å². The quantitative estimate of drug-likeness (QED) is 0.869. The second-order valence-corrected chi connectivity index (χ2v) is 5.15. The maximum Gasteiger partial charge on any atom is 0.407 e. The van der Waals surface area contributed by atoms with Crippen LogP contribution >= 0.6 is 0 Å². The summed E-state index contributed by atoms with van der Waals surface area (Å²) in [5.74, 6) is -0.201. The standard InChI is InChI=1S/C13H15F3N2O/c1-12(2)8-6-7(10(17-3)13(14,15)16)4-5-9(8)18-11(12)19/h4-6,10,17H,1-3H3,(H,18,19). The Hall–Kier alpha value is -1.56. The number of hydrogen-bond acceptors (Lipinski definition) is 2. The summed E-state index contributed by atoms with van der Waals surface area (Å²) in [5, 5.41) is 4.93. The van der Waals surface area contributed by atoms with Crippen molar-refractivity contribution in [2.24, 2.45) is 0 Å². The van der Waals surface area contributed by atoms with Crippen LogP contribution in [0.25, 0.3) is 0 Å². The van der Waals surface area contributed by atoms with E-state index < -0.39 is 17.6 Å². The third-order valence-corrected chi connectivity index (χ3v) is 3.48. The highest BCUT2D eigenvalue weighted by molar-refractivity contribution is 6.05. The lowest BCUT2D eigenvalue weighted by Crippen LogP contribution is -2.32. The first-order valence-electron chi connectivity index (χ1n) is 5.88. The van der Waals surface area contributed by atoms with Gasteiger partial charge >= 0.3 is 6.18 Å². The molecule has 0 spiro atoms. The molecule has 1 heterocycles. The van der Waals surface area contributed by atoms with E-state index in [4.69, 9.17) is 0 Å². The molecule has 1 aromatic rings. The van der Waals surface area contributed by atoms with Gasteiger partial charge in [-0.15, -0.1) is 0 Å². The van der Waals surface area contributed by atoms with E-state index in [1.165, 1.54) is 25.2 Å². The third-order valence-electron chi connectivity index (χ3n) is 3.48. The molecule has 1 unspecified atom stereocenters. The van der Waals surface area contributed by atoms with E-state index in [0.29, 0.717) is 11.3 Å². The molecular weight excluding hydrogens is 257 g/mol. The van der Waals surface area contributed by atoms with E-state index in [0.717, 1.165) is 0 Å². The molecule has 1 aliphatic rings. The minimum absolute atomic E-state index is 0.110. The zero-order valence-corrected chi connectivity index (χ0v) is 10.9. The van der Waals surface area contributed by atoms with Crippen LogP contribution in [-0.2, 0) is 10.2 Å². The first-order chi connectivity index (χ1) is 8.67. The molecule has 0 saturated carbocycles. The molecule has 0 bridgehead atoms. The number of fused-ring (bicyclic) bond motifs is 1. The van der Waals surface area contributed by atoms with Gasteiger partial charge in [-0.1, -0.05) is 12.1 Å². The van der Waals surface area contributed by atoms with Gasteiger partial charge < -0.3 is 10.6 Å². The van der Waals surface area contributed by atoms with E-state index in [1.54, 1.807) is 13.8 Å². The van der Waals surface area contributed by atoms with Crippen molar-refractivity contribution in [2.75, 3.05) is 12.4 Å². The molecule has 0 saturated heterocycles. The van der Waals surface area contributed by atoms with Crippen molar-refractivity contribution >= 4 is 11.6 Å². The van der Waals surface area contributed by atoms with Crippen molar-refractivity contribution in [1.29, 1.82) is 0 Å². The Kier molecular flexibility index (Phi) is 3.09. The molecule has 1 aliphatic heterocycles. The average Bonchev–Trinajstić information content (AvgIpc) is 2.50. The van der Waals surface area contributed by atoms with E-state index in [2.05, 4.69) is 10.6 Å². The van der Waals surface area contributed by atoms with E-state index in [9.17, 15) is 18.0 Å². The van der Waals surface area contributed by atoms with Gasteiger partial charge in [0.15, 0.2) is 0 Å². The van der Waals surface area contributed by atoms with Gasteiger partial charge in [0.2, 0.25) is 5.91 Å². The lowest BCUT2D eigenvalue weighted by atomic mass is 9.84. The number of carbonyl (C=O) groups is 1. The monoisotopic (exact) mass is 272 g/mol. The predicted octanol–water partition coefficient (Wildman–Crippen LogP) is 2.74. The number of nitrogens with one attached hydrogen (secondary N) is 2. The fourth-order valence-corrected chi connectivity index (χ4v) is 2.29. The summed E-state index contributed by atoms with van der Waals surface area (Å²) >= 11 is 0. The van der Waals surface area contributed by atoms with Crippen LogP contribution in [0.3, 0.4) is 0 Å². The van der Waals surface area contributed by atoms with E-state index in [-0.39, 0.29) is 11.5 Å². The number of amides is 1. The zero-order valence-electron chi connectivity index (χ0n) is 10.9. The number of benzene rings is 1. The molecule has 0 fully saturated rings. The molecule has 0 radical (unpaired) electrons. The van der Waals surface area contributed by atoms with Crippen LogP contribution in [0.2, 0.25) is 0 Å². The molecule has 1 atom stereocenters. The largest absolute Gasteiger partial charge is 0.407 e. The summed E-state index contributed by atoms with van der Waals surface area (Å²) in [6.07, 6.45) is -4.37. The highest BCUT2D eigenvalue weighted by Crippen LogP contribution is 2.40. The summed E-state index contributed by atoms with van der Waals surface area (Å²) in [4.78, 5) is 11.8. The van der Waals surface area contributed by atoms with Gasteiger partial charge in [0.05, 0.1) is 5.41 Å². The predicted molar refractivity (Wildman–Crippen MR) is 66.0 cm³/mol. The maximum absolute atomic E-state index is 12.9. The Balaban J connectivity index is 2.48. The normalized spacial score (nSPS) is 18.9. The second-order valence-electron chi connectivity index (χ2n) is 5.15. The summed E-state index contributed by atoms with van der Waals surface area (Å²) in [6, 6.07) is 2.62. The fraction of sp³-hybridized carbons (Fsp3) is 0.462. The molecule has 2 N–H and O–H groups in total. The molecule has 0 aromatic heterocycles. The van der Waals surface area contributed by atoms with Gasteiger partial charge in [-0.25, -0.2) is 0 Å². The van der Waals surface area contributed by atoms with Gasteiger partial charge in [0.1, 0.15) is 6.04 Å². The number of alkyl halides is 3. The maximum atomic E-state index is 12.9. The smallest absolute Gasteiger partial charge is 0.325 e. The Morgan fingerprint density at radius 3 is 2.47 bits per heavy atom. The van der Waals surface area contributed by atoms with Crippen LogP contribution in [0.1, 0.15) is 31.0 Å². The van der Waals surface area contributed by atoms with Crippen molar-refractivity contribution in [1.82, 2.24) is 5.32 Å². The van der Waals surface area contributed by atoms with Crippen molar-refractivity contribution in [2.45, 2.75) is 31.5 Å². The van der Waals surface area contributed by atoms with Gasteiger partial charge in [0.25, 0.3) is 0 Å². The molecule has 2 rings (SSSR count). The van der Waals surface area contributed by atoms with Crippen LogP contribution in [0, 0.1) is 0 Å². The Labute approximate surface area is 109 Å². The number of halogens is 3. The van der Waals surface area contributed by atoms with Crippen LogP contribution < -0.4 is 10.6 Å². The van der Waals surface area contributed by atoms with Gasteiger partial charge in [-0.05, 0) is 38.1 Å². The zero-order chi connectivity index (χ0) is 14.4. The average molecular weight is 272 g/mol. The lowest BCUT2D eigenvalue weighted by Gasteiger charge is -2.22. The van der Waals surface area contributed by atoms with E-state index in [1.807, 2.05) is 0 Å². The second kappa shape index (κ2) is 4.23. The number of hydrogen-bond donors (Lipinski definition) is 2. The van der Waals surface area contributed by atoms with Crippen LogP contribution in [0.5, 0.6) is 0 Å². The van der Waals surface area contributed by atoms with Crippen LogP contribution in [0.4, 0.5) is 18.9 Å². The molecule has 0 aliphatic carbocycles. The Morgan fingerprint density at radius 2 is 1.95 bits per heavy atom. The molecule has 19 heavy (non-hydrogen) atoms. The van der Waals surface area contributed by atoms with E-state index >= 15 is 0 Å². The van der Waals surface area contributed by atoms with Crippen molar-refractivity contribution in [3.8, 4) is 0 Å². The minimum atomic E-state index is -4.37. The SMILES string of the molecule is CNC(c1ccc2c(c1)C(C)(C)C(=O)N2)C(F)(F)F. The van der Waals surface area contributed by atoms with Crippen molar-refractivity contribution in [3.63, 3.8) is 0 Å². The third kappa shape index (κ3) is 2.20. The molecule has 1 amide bonds. The highest BCUT2D eigenvalue weighted by Gasteiger charge is 2.42. The minimum Gasteiger partial charge on any atom is -0.325 e. The Morgan fingerprint density at radius 1 is 1.32 bits per heavy atom. The summed E-state index contributed by atoms with van der Waals surface area (Å²) in [7, 11) is 1.26. The van der Waals surface area contributed by atoms with Crippen LogP contribution in [0.15, 0.2) is 18.2 Å². The first-order valence-corrected chi connectivity index (χ1v) is 5.88. The van der Waals surface area contributed by atoms with Gasteiger partial charge in [0, 0.05) is 5.69 Å².